The second-order valence-electron chi connectivity index (χ2n) is 5.19. The highest BCUT2D eigenvalue weighted by Gasteiger charge is 2.52. The van der Waals surface area contributed by atoms with Crippen molar-refractivity contribution >= 4 is 0 Å². The zero-order valence-corrected chi connectivity index (χ0v) is 7.69. The predicted octanol–water partition coefficient (Wildman–Crippen LogP) is 2.30. The third kappa shape index (κ3) is 1.31. The van der Waals surface area contributed by atoms with E-state index in [9.17, 15) is 0 Å². The first-order chi connectivity index (χ1) is 5.04. The van der Waals surface area contributed by atoms with Gasteiger partial charge in [-0.15, -0.1) is 0 Å². The van der Waals surface area contributed by atoms with Crippen molar-refractivity contribution in [1.29, 1.82) is 0 Å². The molecule has 0 amide bonds. The molecule has 0 unspecified atom stereocenters. The molecule has 0 heterocycles. The van der Waals surface area contributed by atoms with Gasteiger partial charge in [-0.05, 0) is 30.6 Å². The third-order valence-corrected chi connectivity index (χ3v) is 3.63. The van der Waals surface area contributed by atoms with Gasteiger partial charge in [0.25, 0.3) is 0 Å². The van der Waals surface area contributed by atoms with Crippen LogP contribution >= 0.6 is 0 Å². The van der Waals surface area contributed by atoms with E-state index in [4.69, 9.17) is 5.73 Å². The molecular formula is C10H19N. The first-order valence-corrected chi connectivity index (χ1v) is 4.82. The fourth-order valence-electron chi connectivity index (χ4n) is 2.06. The third-order valence-electron chi connectivity index (χ3n) is 3.63. The monoisotopic (exact) mass is 153 g/mol. The van der Waals surface area contributed by atoms with Crippen molar-refractivity contribution in [2.24, 2.45) is 17.1 Å². The lowest BCUT2D eigenvalue weighted by Gasteiger charge is -2.32. The van der Waals surface area contributed by atoms with Crippen LogP contribution in [0.1, 0.15) is 46.0 Å². The van der Waals surface area contributed by atoms with Crippen molar-refractivity contribution in [1.82, 2.24) is 0 Å². The first-order valence-electron chi connectivity index (χ1n) is 4.82. The highest BCUT2D eigenvalue weighted by molar-refractivity contribution is 5.09. The molecule has 1 nitrogen and oxygen atoms in total. The zero-order valence-electron chi connectivity index (χ0n) is 7.69. The first kappa shape index (κ1) is 7.60. The van der Waals surface area contributed by atoms with E-state index in [2.05, 4.69) is 13.8 Å². The summed E-state index contributed by atoms with van der Waals surface area (Å²) in [6.07, 6.45) is 6.79. The molecule has 0 aliphatic heterocycles. The maximum Gasteiger partial charge on any atom is 0.0207 e. The minimum atomic E-state index is 0.218. The van der Waals surface area contributed by atoms with Crippen LogP contribution < -0.4 is 5.73 Å². The summed E-state index contributed by atoms with van der Waals surface area (Å²) in [5.41, 5.74) is 6.83. The average molecular weight is 153 g/mol. The van der Waals surface area contributed by atoms with Crippen LogP contribution in [0, 0.1) is 11.3 Å². The Hall–Kier alpha value is -0.0400. The molecule has 64 valence electrons. The minimum absolute atomic E-state index is 0.218. The van der Waals surface area contributed by atoms with E-state index in [1.807, 2.05) is 0 Å². The van der Waals surface area contributed by atoms with Crippen molar-refractivity contribution in [3.8, 4) is 0 Å². The highest BCUT2D eigenvalue weighted by Crippen LogP contribution is 2.53. The van der Waals surface area contributed by atoms with Crippen LogP contribution in [-0.2, 0) is 0 Å². The van der Waals surface area contributed by atoms with Crippen molar-refractivity contribution in [2.45, 2.75) is 51.5 Å². The van der Waals surface area contributed by atoms with Crippen LogP contribution in [-0.4, -0.2) is 5.54 Å². The van der Waals surface area contributed by atoms with Crippen molar-refractivity contribution < 1.29 is 0 Å². The van der Waals surface area contributed by atoms with E-state index < -0.39 is 0 Å². The lowest BCUT2D eigenvalue weighted by Crippen LogP contribution is -2.40. The summed E-state index contributed by atoms with van der Waals surface area (Å²) in [5.74, 6) is 1.02. The lowest BCUT2D eigenvalue weighted by molar-refractivity contribution is 0.231. The van der Waals surface area contributed by atoms with Gasteiger partial charge in [0, 0.05) is 5.54 Å². The topological polar surface area (TPSA) is 26.0 Å². The summed E-state index contributed by atoms with van der Waals surface area (Å²) in [6, 6.07) is 0. The Labute approximate surface area is 69.4 Å². The molecule has 2 saturated carbocycles. The molecule has 0 bridgehead atoms. The van der Waals surface area contributed by atoms with Crippen LogP contribution in [0.15, 0.2) is 0 Å². The standard InChI is InChI=1S/C10H19N/c1-9(2,7-8-3-4-8)10(11)5-6-10/h8H,3-7,11H2,1-2H3. The highest BCUT2D eigenvalue weighted by atomic mass is 14.9. The number of rotatable bonds is 3. The van der Waals surface area contributed by atoms with Crippen molar-refractivity contribution in [3.05, 3.63) is 0 Å². The van der Waals surface area contributed by atoms with Gasteiger partial charge >= 0.3 is 0 Å². The second kappa shape index (κ2) is 2.01. The van der Waals surface area contributed by atoms with E-state index >= 15 is 0 Å². The average Bonchev–Trinajstić information content (AvgIpc) is 2.66. The van der Waals surface area contributed by atoms with Gasteiger partial charge in [-0.25, -0.2) is 0 Å². The van der Waals surface area contributed by atoms with Gasteiger partial charge in [0.15, 0.2) is 0 Å². The maximum absolute atomic E-state index is 6.20. The van der Waals surface area contributed by atoms with E-state index in [1.54, 1.807) is 0 Å². The zero-order chi connectivity index (χ0) is 8.11. The Balaban J connectivity index is 1.95. The summed E-state index contributed by atoms with van der Waals surface area (Å²) < 4.78 is 0. The lowest BCUT2D eigenvalue weighted by atomic mass is 9.78. The van der Waals surface area contributed by atoms with E-state index in [1.165, 1.54) is 32.1 Å². The van der Waals surface area contributed by atoms with Crippen LogP contribution in [0.2, 0.25) is 0 Å². The molecule has 2 N–H and O–H groups in total. The summed E-state index contributed by atoms with van der Waals surface area (Å²) in [5, 5.41) is 0. The van der Waals surface area contributed by atoms with Gasteiger partial charge < -0.3 is 5.73 Å². The smallest absolute Gasteiger partial charge is 0.0207 e. The predicted molar refractivity (Wildman–Crippen MR) is 47.3 cm³/mol. The molecule has 0 aromatic carbocycles. The normalized spacial score (nSPS) is 28.6. The Bertz CT molecular complexity index is 164. The minimum Gasteiger partial charge on any atom is -0.325 e. The van der Waals surface area contributed by atoms with Gasteiger partial charge in [0.2, 0.25) is 0 Å². The summed E-state index contributed by atoms with van der Waals surface area (Å²) in [6.45, 7) is 4.69. The quantitative estimate of drug-likeness (QED) is 0.661. The summed E-state index contributed by atoms with van der Waals surface area (Å²) in [4.78, 5) is 0. The van der Waals surface area contributed by atoms with E-state index in [0.717, 1.165) is 5.92 Å². The summed E-state index contributed by atoms with van der Waals surface area (Å²) >= 11 is 0. The molecule has 11 heavy (non-hydrogen) atoms. The van der Waals surface area contributed by atoms with Crippen LogP contribution in [0.3, 0.4) is 0 Å². The molecule has 2 aliphatic rings. The molecule has 1 heteroatoms. The van der Waals surface area contributed by atoms with Gasteiger partial charge in [-0.1, -0.05) is 26.7 Å². The van der Waals surface area contributed by atoms with Gasteiger partial charge in [-0.2, -0.15) is 0 Å². The fourth-order valence-corrected chi connectivity index (χ4v) is 2.06. The van der Waals surface area contributed by atoms with E-state index in [-0.39, 0.29) is 5.54 Å². The van der Waals surface area contributed by atoms with Crippen molar-refractivity contribution in [3.63, 3.8) is 0 Å². The second-order valence-corrected chi connectivity index (χ2v) is 5.19. The number of hydrogen-bond acceptors (Lipinski definition) is 1. The number of nitrogens with two attached hydrogens (primary N) is 1. The SMILES string of the molecule is CC(C)(CC1CC1)C1(N)CC1. The Morgan fingerprint density at radius 2 is 1.91 bits per heavy atom. The molecule has 2 aliphatic carbocycles. The molecule has 2 rings (SSSR count). The summed E-state index contributed by atoms with van der Waals surface area (Å²) in [7, 11) is 0. The molecule has 0 atom stereocenters. The van der Waals surface area contributed by atoms with E-state index in [0.29, 0.717) is 5.41 Å². The van der Waals surface area contributed by atoms with Gasteiger partial charge in [0.1, 0.15) is 0 Å². The molecule has 0 spiro atoms. The maximum atomic E-state index is 6.20. The van der Waals surface area contributed by atoms with Crippen LogP contribution in [0.5, 0.6) is 0 Å². The van der Waals surface area contributed by atoms with Crippen LogP contribution in [0.4, 0.5) is 0 Å². The Morgan fingerprint density at radius 3 is 2.27 bits per heavy atom. The van der Waals surface area contributed by atoms with Gasteiger partial charge in [0.05, 0.1) is 0 Å². The largest absolute Gasteiger partial charge is 0.325 e. The molecule has 0 aromatic heterocycles. The van der Waals surface area contributed by atoms with Crippen molar-refractivity contribution in [2.75, 3.05) is 0 Å². The Morgan fingerprint density at radius 1 is 1.36 bits per heavy atom. The molecule has 2 fully saturated rings. The molecule has 0 radical (unpaired) electrons. The molecule has 0 aromatic rings. The number of hydrogen-bond donors (Lipinski definition) is 1. The molecule has 0 saturated heterocycles. The Kier molecular flexibility index (Phi) is 1.39. The van der Waals surface area contributed by atoms with Crippen LogP contribution in [0.25, 0.3) is 0 Å². The van der Waals surface area contributed by atoms with Gasteiger partial charge in [-0.3, -0.25) is 0 Å². The fraction of sp³-hybridized carbons (Fsp3) is 1.00. The molecular weight excluding hydrogens is 134 g/mol.